The highest BCUT2D eigenvalue weighted by Crippen LogP contribution is 2.36. The number of hydrogen-bond acceptors (Lipinski definition) is 3. The number of benzene rings is 2. The van der Waals surface area contributed by atoms with Gasteiger partial charge in [-0.3, -0.25) is 9.59 Å². The highest BCUT2D eigenvalue weighted by Gasteiger charge is 2.23. The molecule has 124 valence electrons. The molecule has 0 saturated heterocycles. The molecule has 0 unspecified atom stereocenters. The molecule has 1 aliphatic heterocycles. The highest BCUT2D eigenvalue weighted by molar-refractivity contribution is 8.00. The van der Waals surface area contributed by atoms with Crippen molar-refractivity contribution in [2.45, 2.75) is 36.8 Å². The van der Waals surface area contributed by atoms with Gasteiger partial charge in [-0.2, -0.15) is 0 Å². The van der Waals surface area contributed by atoms with Gasteiger partial charge in [0.25, 0.3) is 5.91 Å². The second-order valence-corrected chi connectivity index (χ2v) is 7.54. The van der Waals surface area contributed by atoms with Crippen molar-refractivity contribution in [3.63, 3.8) is 0 Å². The van der Waals surface area contributed by atoms with Crippen molar-refractivity contribution in [2.75, 3.05) is 10.6 Å². The van der Waals surface area contributed by atoms with E-state index in [0.717, 1.165) is 16.1 Å². The molecular weight excluding hydrogens is 320 g/mol. The molecule has 4 nitrogen and oxygen atoms in total. The number of carbonyl (C=O) groups excluding carboxylic acids is 2. The predicted molar refractivity (Wildman–Crippen MR) is 98.9 cm³/mol. The molecule has 1 atom stereocenters. The number of thioether (sulfide) groups is 1. The van der Waals surface area contributed by atoms with E-state index in [4.69, 9.17) is 0 Å². The summed E-state index contributed by atoms with van der Waals surface area (Å²) in [6, 6.07) is 13.2. The number of fused-ring (bicyclic) bond motifs is 1. The minimum atomic E-state index is -0.177. The number of amides is 2. The van der Waals surface area contributed by atoms with E-state index in [9.17, 15) is 9.59 Å². The van der Waals surface area contributed by atoms with Gasteiger partial charge >= 0.3 is 0 Å². The quantitative estimate of drug-likeness (QED) is 0.865. The van der Waals surface area contributed by atoms with Crippen LogP contribution in [0.15, 0.2) is 47.4 Å². The normalized spacial score (nSPS) is 16.5. The van der Waals surface area contributed by atoms with Gasteiger partial charge in [0.05, 0.1) is 10.9 Å². The van der Waals surface area contributed by atoms with E-state index in [-0.39, 0.29) is 17.1 Å². The third kappa shape index (κ3) is 3.31. The number of hydrogen-bond donors (Lipinski definition) is 2. The van der Waals surface area contributed by atoms with Crippen molar-refractivity contribution in [3.05, 3.63) is 53.6 Å². The van der Waals surface area contributed by atoms with Gasteiger partial charge in [0.15, 0.2) is 0 Å². The van der Waals surface area contributed by atoms with Crippen LogP contribution in [0, 0.1) is 0 Å². The summed E-state index contributed by atoms with van der Waals surface area (Å²) in [5, 5.41) is 5.72. The second kappa shape index (κ2) is 6.69. The Morgan fingerprint density at radius 2 is 1.96 bits per heavy atom. The maximum absolute atomic E-state index is 12.6. The second-order valence-electron chi connectivity index (χ2n) is 6.16. The average Bonchev–Trinajstić information content (AvgIpc) is 2.55. The predicted octanol–water partition coefficient (Wildman–Crippen LogP) is 4.50. The van der Waals surface area contributed by atoms with Crippen molar-refractivity contribution in [1.29, 1.82) is 0 Å². The van der Waals surface area contributed by atoms with Crippen LogP contribution in [-0.2, 0) is 4.79 Å². The molecule has 0 aromatic heterocycles. The largest absolute Gasteiger partial charge is 0.324 e. The van der Waals surface area contributed by atoms with Crippen LogP contribution < -0.4 is 10.6 Å². The molecule has 2 amide bonds. The lowest BCUT2D eigenvalue weighted by atomic mass is 10.0. The summed E-state index contributed by atoms with van der Waals surface area (Å²) >= 11 is 1.51. The molecular formula is C19H20N2O2S. The zero-order valence-electron chi connectivity index (χ0n) is 13.9. The number of carbonyl (C=O) groups is 2. The lowest BCUT2D eigenvalue weighted by Gasteiger charge is -2.22. The van der Waals surface area contributed by atoms with Gasteiger partial charge < -0.3 is 10.6 Å². The first-order chi connectivity index (χ1) is 11.5. The molecule has 2 N–H and O–H groups in total. The Bertz CT molecular complexity index is 802. The van der Waals surface area contributed by atoms with E-state index < -0.39 is 0 Å². The number of anilines is 2. The van der Waals surface area contributed by atoms with Crippen molar-refractivity contribution in [2.24, 2.45) is 0 Å². The molecule has 2 aromatic rings. The van der Waals surface area contributed by atoms with E-state index in [1.165, 1.54) is 11.8 Å². The van der Waals surface area contributed by atoms with Crippen LogP contribution in [0.25, 0.3) is 0 Å². The fraction of sp³-hybridized carbons (Fsp3) is 0.263. The Morgan fingerprint density at radius 1 is 1.21 bits per heavy atom. The fourth-order valence-electron chi connectivity index (χ4n) is 2.66. The summed E-state index contributed by atoms with van der Waals surface area (Å²) in [6.45, 7) is 6.06. The summed E-state index contributed by atoms with van der Waals surface area (Å²) in [5.74, 6) is 0.112. The van der Waals surface area contributed by atoms with E-state index in [0.29, 0.717) is 17.2 Å². The lowest BCUT2D eigenvalue weighted by Crippen LogP contribution is -2.26. The molecule has 5 heteroatoms. The van der Waals surface area contributed by atoms with E-state index in [1.54, 1.807) is 12.1 Å². The van der Waals surface area contributed by atoms with Gasteiger partial charge in [0, 0.05) is 16.1 Å². The minimum absolute atomic E-state index is 0.0322. The van der Waals surface area contributed by atoms with Crippen molar-refractivity contribution >= 4 is 35.0 Å². The van der Waals surface area contributed by atoms with Gasteiger partial charge in [-0.15, -0.1) is 11.8 Å². The first-order valence-corrected chi connectivity index (χ1v) is 8.85. The van der Waals surface area contributed by atoms with E-state index in [2.05, 4.69) is 24.5 Å². The number of para-hydroxylation sites is 1. The first kappa shape index (κ1) is 16.6. The summed E-state index contributed by atoms with van der Waals surface area (Å²) in [4.78, 5) is 25.4. The van der Waals surface area contributed by atoms with Crippen molar-refractivity contribution in [3.8, 4) is 0 Å². The number of nitrogens with one attached hydrogen (secondary N) is 2. The first-order valence-electron chi connectivity index (χ1n) is 7.97. The molecule has 24 heavy (non-hydrogen) atoms. The van der Waals surface area contributed by atoms with Crippen LogP contribution in [0.2, 0.25) is 0 Å². The highest BCUT2D eigenvalue weighted by atomic mass is 32.2. The maximum atomic E-state index is 12.6. The standard InChI is InChI=1S/C19H20N2O2S/c1-11(2)14-6-4-5-7-15(14)20-19(23)13-8-9-17-16(10-13)21-18(22)12(3)24-17/h4-12H,1-3H3,(H,20,23)(H,21,22)/t12-/m0/s1. The maximum Gasteiger partial charge on any atom is 0.255 e. The SMILES string of the molecule is CC(C)c1ccccc1NC(=O)c1ccc2c(c1)NC(=O)[C@H](C)S2. The molecule has 3 rings (SSSR count). The molecule has 0 saturated carbocycles. The summed E-state index contributed by atoms with van der Waals surface area (Å²) in [5.41, 5.74) is 3.15. The molecule has 2 aromatic carbocycles. The van der Waals surface area contributed by atoms with E-state index in [1.807, 2.05) is 37.3 Å². The van der Waals surface area contributed by atoms with Crippen LogP contribution in [0.5, 0.6) is 0 Å². The van der Waals surface area contributed by atoms with Crippen LogP contribution in [0.1, 0.15) is 42.6 Å². The Hall–Kier alpha value is -2.27. The average molecular weight is 340 g/mol. The van der Waals surface area contributed by atoms with Crippen molar-refractivity contribution in [1.82, 2.24) is 0 Å². The van der Waals surface area contributed by atoms with Crippen molar-refractivity contribution < 1.29 is 9.59 Å². The molecule has 0 radical (unpaired) electrons. The molecule has 0 fully saturated rings. The number of rotatable bonds is 3. The van der Waals surface area contributed by atoms with Crippen LogP contribution >= 0.6 is 11.8 Å². The molecule has 0 bridgehead atoms. The summed E-state index contributed by atoms with van der Waals surface area (Å²) in [7, 11) is 0. The summed E-state index contributed by atoms with van der Waals surface area (Å²) in [6.07, 6.45) is 0. The molecule has 0 aliphatic carbocycles. The van der Waals surface area contributed by atoms with Crippen LogP contribution in [0.4, 0.5) is 11.4 Å². The zero-order valence-corrected chi connectivity index (χ0v) is 14.7. The molecule has 0 spiro atoms. The monoisotopic (exact) mass is 340 g/mol. The third-order valence-corrected chi connectivity index (χ3v) is 5.18. The van der Waals surface area contributed by atoms with E-state index >= 15 is 0 Å². The zero-order chi connectivity index (χ0) is 17.3. The Labute approximate surface area is 146 Å². The van der Waals surface area contributed by atoms with Gasteiger partial charge in [-0.25, -0.2) is 0 Å². The van der Waals surface area contributed by atoms with Gasteiger partial charge in [-0.1, -0.05) is 32.0 Å². The van der Waals surface area contributed by atoms with Gasteiger partial charge in [-0.05, 0) is 42.7 Å². The Morgan fingerprint density at radius 3 is 2.71 bits per heavy atom. The van der Waals surface area contributed by atoms with Crippen LogP contribution in [0.3, 0.4) is 0 Å². The van der Waals surface area contributed by atoms with Crippen LogP contribution in [-0.4, -0.2) is 17.1 Å². The smallest absolute Gasteiger partial charge is 0.255 e. The molecule has 1 aliphatic rings. The summed E-state index contributed by atoms with van der Waals surface area (Å²) < 4.78 is 0. The fourth-order valence-corrected chi connectivity index (χ4v) is 3.59. The minimum Gasteiger partial charge on any atom is -0.324 e. The Kier molecular flexibility index (Phi) is 4.62. The topological polar surface area (TPSA) is 58.2 Å². The lowest BCUT2D eigenvalue weighted by molar-refractivity contribution is -0.115. The molecule has 1 heterocycles. The van der Waals surface area contributed by atoms with Gasteiger partial charge in [0.1, 0.15) is 0 Å². The van der Waals surface area contributed by atoms with Gasteiger partial charge in [0.2, 0.25) is 5.91 Å². The third-order valence-electron chi connectivity index (χ3n) is 4.00. The Balaban J connectivity index is 1.84.